The molecule has 1 aromatic heterocycles. The van der Waals surface area contributed by atoms with E-state index < -0.39 is 17.8 Å². The van der Waals surface area contributed by atoms with E-state index in [2.05, 4.69) is 15.5 Å². The number of carbonyl (C=O) groups is 2. The molecule has 0 radical (unpaired) electrons. The molecule has 2 rings (SSSR count). The Hall–Kier alpha value is -2.42. The van der Waals surface area contributed by atoms with E-state index in [1.54, 1.807) is 12.1 Å². The van der Waals surface area contributed by atoms with Gasteiger partial charge in [-0.1, -0.05) is 44.2 Å². The van der Waals surface area contributed by atoms with Crippen LogP contribution in [0.25, 0.3) is 11.5 Å². The topological polar surface area (TPSA) is 94.3 Å². The first kappa shape index (κ1) is 19.9. The highest BCUT2D eigenvalue weighted by Gasteiger charge is 2.26. The van der Waals surface area contributed by atoms with Crippen LogP contribution in [0.5, 0.6) is 0 Å². The third-order valence-corrected chi connectivity index (χ3v) is 4.64. The molecule has 0 aliphatic heterocycles. The fourth-order valence-corrected chi connectivity index (χ4v) is 2.72. The van der Waals surface area contributed by atoms with Gasteiger partial charge in [0.15, 0.2) is 0 Å². The fraction of sp³-hybridized carbons (Fsp3) is 0.412. The molecule has 2 atom stereocenters. The minimum Gasteiger partial charge on any atom is -0.467 e. The molecule has 0 aliphatic carbocycles. The largest absolute Gasteiger partial charge is 0.467 e. The molecule has 1 N–H and O–H groups in total. The van der Waals surface area contributed by atoms with E-state index in [9.17, 15) is 14.0 Å². The van der Waals surface area contributed by atoms with Crippen molar-refractivity contribution in [2.45, 2.75) is 31.5 Å². The van der Waals surface area contributed by atoms with Crippen molar-refractivity contribution in [3.63, 3.8) is 0 Å². The second-order valence-electron chi connectivity index (χ2n) is 5.60. The van der Waals surface area contributed by atoms with Crippen LogP contribution in [0.4, 0.5) is 4.39 Å². The van der Waals surface area contributed by atoms with Crippen molar-refractivity contribution in [3.05, 3.63) is 30.1 Å². The van der Waals surface area contributed by atoms with Crippen molar-refractivity contribution >= 4 is 23.6 Å². The summed E-state index contributed by atoms with van der Waals surface area (Å²) in [6.45, 7) is 3.78. The SMILES string of the molecule is CC[C@@H](C)[C@@H](NC(=O)CSc1nnc(-c2ccccc2F)o1)C(=O)OC. The lowest BCUT2D eigenvalue weighted by atomic mass is 9.99. The number of aromatic nitrogens is 2. The molecule has 1 aromatic carbocycles. The number of carbonyl (C=O) groups excluding carboxylic acids is 2. The number of nitrogens with one attached hydrogen (secondary N) is 1. The molecular formula is C17H20FN3O4S. The number of halogens is 1. The molecule has 0 fully saturated rings. The van der Waals surface area contributed by atoms with Crippen LogP contribution in [0.3, 0.4) is 0 Å². The van der Waals surface area contributed by atoms with Gasteiger partial charge >= 0.3 is 5.97 Å². The van der Waals surface area contributed by atoms with Gasteiger partial charge in [0.1, 0.15) is 11.9 Å². The number of esters is 1. The first-order valence-electron chi connectivity index (χ1n) is 8.04. The van der Waals surface area contributed by atoms with E-state index >= 15 is 0 Å². The smallest absolute Gasteiger partial charge is 0.328 e. The number of nitrogens with zero attached hydrogens (tertiary/aromatic N) is 2. The van der Waals surface area contributed by atoms with Crippen molar-refractivity contribution in [3.8, 4) is 11.5 Å². The van der Waals surface area contributed by atoms with Crippen LogP contribution in [0.15, 0.2) is 33.9 Å². The first-order chi connectivity index (χ1) is 12.5. The van der Waals surface area contributed by atoms with E-state index in [-0.39, 0.29) is 34.3 Å². The molecule has 0 spiro atoms. The molecule has 1 heterocycles. The summed E-state index contributed by atoms with van der Waals surface area (Å²) in [6, 6.07) is 5.32. The van der Waals surface area contributed by atoms with Crippen LogP contribution in [0.1, 0.15) is 20.3 Å². The lowest BCUT2D eigenvalue weighted by Crippen LogP contribution is -2.46. The van der Waals surface area contributed by atoms with Gasteiger partial charge in [-0.3, -0.25) is 4.79 Å². The number of amides is 1. The molecule has 0 aliphatic rings. The predicted molar refractivity (Wildman–Crippen MR) is 93.8 cm³/mol. The van der Waals surface area contributed by atoms with Gasteiger partial charge in [-0.25, -0.2) is 9.18 Å². The Morgan fingerprint density at radius 3 is 2.73 bits per heavy atom. The van der Waals surface area contributed by atoms with Gasteiger partial charge in [0, 0.05) is 0 Å². The zero-order valence-corrected chi connectivity index (χ0v) is 15.5. The van der Waals surface area contributed by atoms with Gasteiger partial charge in [-0.05, 0) is 18.1 Å². The molecule has 0 unspecified atom stereocenters. The van der Waals surface area contributed by atoms with Gasteiger partial charge in [0.25, 0.3) is 11.1 Å². The number of ether oxygens (including phenoxy) is 1. The van der Waals surface area contributed by atoms with Crippen LogP contribution in [-0.2, 0) is 14.3 Å². The highest BCUT2D eigenvalue weighted by molar-refractivity contribution is 7.99. The van der Waals surface area contributed by atoms with E-state index in [4.69, 9.17) is 9.15 Å². The van der Waals surface area contributed by atoms with Gasteiger partial charge in [0.2, 0.25) is 5.91 Å². The number of hydrogen-bond acceptors (Lipinski definition) is 7. The van der Waals surface area contributed by atoms with Crippen LogP contribution >= 0.6 is 11.8 Å². The number of thioether (sulfide) groups is 1. The Labute approximate surface area is 154 Å². The summed E-state index contributed by atoms with van der Waals surface area (Å²) in [5.41, 5.74) is 0.193. The van der Waals surface area contributed by atoms with Crippen molar-refractivity contribution < 1.29 is 23.1 Å². The van der Waals surface area contributed by atoms with Crippen molar-refractivity contribution in [1.29, 1.82) is 0 Å². The first-order valence-corrected chi connectivity index (χ1v) is 9.03. The molecule has 2 aromatic rings. The van der Waals surface area contributed by atoms with Crippen molar-refractivity contribution in [1.82, 2.24) is 15.5 Å². The van der Waals surface area contributed by atoms with Gasteiger partial charge in [-0.15, -0.1) is 10.2 Å². The van der Waals surface area contributed by atoms with Crippen LogP contribution in [-0.4, -0.2) is 41.0 Å². The number of hydrogen-bond donors (Lipinski definition) is 1. The van der Waals surface area contributed by atoms with Crippen molar-refractivity contribution in [2.75, 3.05) is 12.9 Å². The Morgan fingerprint density at radius 1 is 1.35 bits per heavy atom. The Kier molecular flexibility index (Phi) is 7.14. The highest BCUT2D eigenvalue weighted by atomic mass is 32.2. The average Bonchev–Trinajstić information content (AvgIpc) is 3.12. The van der Waals surface area contributed by atoms with Crippen LogP contribution in [0, 0.1) is 11.7 Å². The summed E-state index contributed by atoms with van der Waals surface area (Å²) >= 11 is 1.00. The monoisotopic (exact) mass is 381 g/mol. The van der Waals surface area contributed by atoms with Crippen LogP contribution in [0.2, 0.25) is 0 Å². The third-order valence-electron chi connectivity index (χ3n) is 3.82. The fourth-order valence-electron chi connectivity index (χ4n) is 2.15. The minimum absolute atomic E-state index is 0.0250. The summed E-state index contributed by atoms with van der Waals surface area (Å²) in [5, 5.41) is 10.4. The summed E-state index contributed by atoms with van der Waals surface area (Å²) in [6.07, 6.45) is 0.711. The molecule has 140 valence electrons. The maximum absolute atomic E-state index is 13.7. The molecule has 7 nitrogen and oxygen atoms in total. The summed E-state index contributed by atoms with van der Waals surface area (Å²) in [7, 11) is 1.28. The minimum atomic E-state index is -0.713. The van der Waals surface area contributed by atoms with E-state index in [1.807, 2.05) is 13.8 Å². The second kappa shape index (κ2) is 9.33. The maximum atomic E-state index is 13.7. The van der Waals surface area contributed by atoms with Gasteiger partial charge in [-0.2, -0.15) is 0 Å². The normalized spacial score (nSPS) is 13.1. The highest BCUT2D eigenvalue weighted by Crippen LogP contribution is 2.25. The zero-order valence-electron chi connectivity index (χ0n) is 14.7. The third kappa shape index (κ3) is 5.04. The maximum Gasteiger partial charge on any atom is 0.328 e. The predicted octanol–water partition coefficient (Wildman–Crippen LogP) is 2.67. The van der Waals surface area contributed by atoms with Crippen molar-refractivity contribution in [2.24, 2.45) is 5.92 Å². The summed E-state index contributed by atoms with van der Waals surface area (Å²) in [4.78, 5) is 23.9. The van der Waals surface area contributed by atoms with E-state index in [0.29, 0.717) is 6.42 Å². The zero-order chi connectivity index (χ0) is 19.1. The number of benzene rings is 1. The molecular weight excluding hydrogens is 361 g/mol. The Bertz CT molecular complexity index is 768. The van der Waals surface area contributed by atoms with Gasteiger partial charge < -0.3 is 14.5 Å². The average molecular weight is 381 g/mol. The Balaban J connectivity index is 1.95. The second-order valence-corrected chi connectivity index (χ2v) is 6.52. The lowest BCUT2D eigenvalue weighted by Gasteiger charge is -2.21. The van der Waals surface area contributed by atoms with E-state index in [0.717, 1.165) is 11.8 Å². The summed E-state index contributed by atoms with van der Waals surface area (Å²) in [5.74, 6) is -1.37. The standard InChI is InChI=1S/C17H20FN3O4S/c1-4-10(2)14(16(23)24-3)19-13(22)9-26-17-21-20-15(25-17)11-7-5-6-8-12(11)18/h5-8,10,14H,4,9H2,1-3H3,(H,19,22)/t10-,14-/m1/s1. The Morgan fingerprint density at radius 2 is 2.08 bits per heavy atom. The molecule has 0 bridgehead atoms. The van der Waals surface area contributed by atoms with E-state index in [1.165, 1.54) is 19.2 Å². The number of rotatable bonds is 8. The lowest BCUT2D eigenvalue weighted by molar-refractivity contribution is -0.146. The number of methoxy groups -OCH3 is 1. The molecule has 26 heavy (non-hydrogen) atoms. The van der Waals surface area contributed by atoms with Crippen LogP contribution < -0.4 is 5.32 Å². The molecule has 0 saturated heterocycles. The quantitative estimate of drug-likeness (QED) is 0.555. The molecule has 1 amide bonds. The molecule has 0 saturated carbocycles. The summed E-state index contributed by atoms with van der Waals surface area (Å²) < 4.78 is 23.8. The molecule has 9 heteroatoms. The van der Waals surface area contributed by atoms with Gasteiger partial charge in [0.05, 0.1) is 18.4 Å².